The molecule has 0 aliphatic carbocycles. The molecule has 0 spiro atoms. The molecule has 8 nitrogen and oxygen atoms in total. The van der Waals surface area contributed by atoms with E-state index in [0.29, 0.717) is 12.5 Å². The second kappa shape index (κ2) is 9.64. The highest BCUT2D eigenvalue weighted by molar-refractivity contribution is 5.60. The predicted octanol–water partition coefficient (Wildman–Crippen LogP) is 4.78. The van der Waals surface area contributed by atoms with Gasteiger partial charge in [-0.05, 0) is 36.1 Å². The monoisotopic (exact) mass is 574 g/mol. The number of anilines is 1. The van der Waals surface area contributed by atoms with Crippen molar-refractivity contribution in [2.45, 2.75) is 44.4 Å². The molecular formula is C25H21F7N4O4. The lowest BCUT2D eigenvalue weighted by molar-refractivity contribution is -0.141. The molecule has 40 heavy (non-hydrogen) atoms. The second-order valence-electron chi connectivity index (χ2n) is 9.81. The van der Waals surface area contributed by atoms with Gasteiger partial charge in [0, 0.05) is 18.8 Å². The normalized spacial score (nSPS) is 20.4. The third-order valence-electron chi connectivity index (χ3n) is 6.82. The number of aliphatic hydroxyl groups excluding tert-OH is 1. The van der Waals surface area contributed by atoms with E-state index in [2.05, 4.69) is 9.97 Å². The summed E-state index contributed by atoms with van der Waals surface area (Å²) in [6, 6.07) is 4.84. The zero-order chi connectivity index (χ0) is 29.0. The summed E-state index contributed by atoms with van der Waals surface area (Å²) in [6.07, 6.45) is -8.50. The van der Waals surface area contributed by atoms with Crippen molar-refractivity contribution >= 4 is 5.82 Å². The predicted molar refractivity (Wildman–Crippen MR) is 124 cm³/mol. The molecule has 1 fully saturated rings. The molecule has 0 saturated carbocycles. The van der Waals surface area contributed by atoms with Crippen LogP contribution in [0, 0.1) is 11.7 Å². The Kier molecular flexibility index (Phi) is 6.67. The number of benzene rings is 1. The van der Waals surface area contributed by atoms with E-state index >= 15 is 0 Å². The summed E-state index contributed by atoms with van der Waals surface area (Å²) in [7, 11) is 0. The Hall–Kier alpha value is -3.88. The molecule has 214 valence electrons. The fourth-order valence-corrected chi connectivity index (χ4v) is 5.21. The molecule has 15 heteroatoms. The van der Waals surface area contributed by atoms with Crippen molar-refractivity contribution in [1.29, 1.82) is 0 Å². The third-order valence-corrected chi connectivity index (χ3v) is 6.82. The number of pyridine rings is 1. The molecule has 5 rings (SSSR count). The van der Waals surface area contributed by atoms with E-state index in [4.69, 9.17) is 9.47 Å². The van der Waals surface area contributed by atoms with Gasteiger partial charge in [0.15, 0.2) is 17.1 Å². The average molecular weight is 574 g/mol. The van der Waals surface area contributed by atoms with Crippen LogP contribution in [-0.2, 0) is 25.5 Å². The average Bonchev–Trinajstić information content (AvgIpc) is 3.35. The minimum absolute atomic E-state index is 0.0329. The van der Waals surface area contributed by atoms with Gasteiger partial charge >= 0.3 is 18.0 Å². The minimum Gasteiger partial charge on any atom is -0.472 e. The highest BCUT2D eigenvalue weighted by Gasteiger charge is 2.54. The van der Waals surface area contributed by atoms with Crippen LogP contribution in [0.4, 0.5) is 36.6 Å². The van der Waals surface area contributed by atoms with Crippen LogP contribution in [0.3, 0.4) is 0 Å². The highest BCUT2D eigenvalue weighted by atomic mass is 19.4. The van der Waals surface area contributed by atoms with Crippen LogP contribution in [0.25, 0.3) is 0 Å². The summed E-state index contributed by atoms with van der Waals surface area (Å²) in [5.41, 5.74) is -4.55. The summed E-state index contributed by atoms with van der Waals surface area (Å²) < 4.78 is 108. The van der Waals surface area contributed by atoms with Crippen LogP contribution >= 0.6 is 0 Å². The van der Waals surface area contributed by atoms with Gasteiger partial charge in [-0.1, -0.05) is 13.0 Å². The molecule has 4 heterocycles. The molecular weight excluding hydrogens is 553 g/mol. The second-order valence-corrected chi connectivity index (χ2v) is 9.81. The lowest BCUT2D eigenvalue weighted by atomic mass is 9.94. The molecule has 1 saturated heterocycles. The number of aliphatic hydroxyl groups is 1. The Morgan fingerprint density at radius 1 is 1.12 bits per heavy atom. The largest absolute Gasteiger partial charge is 0.472 e. The van der Waals surface area contributed by atoms with Crippen molar-refractivity contribution < 1.29 is 45.3 Å². The first kappa shape index (κ1) is 27.7. The molecule has 3 aromatic rings. The number of hydrogen-bond donors (Lipinski definition) is 1. The first-order chi connectivity index (χ1) is 18.7. The highest BCUT2D eigenvalue weighted by Crippen LogP contribution is 2.50. The first-order valence-electron chi connectivity index (χ1n) is 11.9. The zero-order valence-electron chi connectivity index (χ0n) is 20.7. The van der Waals surface area contributed by atoms with Gasteiger partial charge in [0.2, 0.25) is 5.88 Å². The summed E-state index contributed by atoms with van der Waals surface area (Å²) in [5.74, 6) is -3.27. The topological polar surface area (TPSA) is 89.7 Å². The number of ether oxygens (including phenoxy) is 2. The first-order valence-corrected chi connectivity index (χ1v) is 11.9. The van der Waals surface area contributed by atoms with Crippen LogP contribution in [0.5, 0.6) is 17.4 Å². The van der Waals surface area contributed by atoms with Crippen molar-refractivity contribution in [3.8, 4) is 17.4 Å². The van der Waals surface area contributed by atoms with Gasteiger partial charge in [-0.15, -0.1) is 0 Å². The Labute approximate surface area is 221 Å². The van der Waals surface area contributed by atoms with Crippen molar-refractivity contribution in [1.82, 2.24) is 14.5 Å². The fraction of sp³-hybridized carbons (Fsp3) is 0.400. The van der Waals surface area contributed by atoms with Gasteiger partial charge in [0.05, 0.1) is 18.7 Å². The Bertz CT molecular complexity index is 1510. The van der Waals surface area contributed by atoms with Crippen LogP contribution in [-0.4, -0.2) is 38.3 Å². The van der Waals surface area contributed by atoms with E-state index in [1.807, 2.05) is 6.92 Å². The third kappa shape index (κ3) is 4.93. The summed E-state index contributed by atoms with van der Waals surface area (Å²) in [4.78, 5) is 20.8. The fourth-order valence-electron chi connectivity index (χ4n) is 5.21. The number of halogens is 7. The molecule has 2 aromatic heterocycles. The number of rotatable bonds is 6. The summed E-state index contributed by atoms with van der Waals surface area (Å²) in [5, 5.41) is 10.0. The van der Waals surface area contributed by atoms with E-state index < -0.39 is 71.3 Å². The minimum atomic E-state index is -4.98. The van der Waals surface area contributed by atoms with E-state index in [0.717, 1.165) is 29.0 Å². The van der Waals surface area contributed by atoms with Gasteiger partial charge in [-0.25, -0.2) is 9.18 Å². The van der Waals surface area contributed by atoms with Gasteiger partial charge in [-0.3, -0.25) is 9.55 Å². The number of alkyl halides is 6. The van der Waals surface area contributed by atoms with E-state index in [-0.39, 0.29) is 30.3 Å². The quantitative estimate of drug-likeness (QED) is 0.424. The molecule has 2 atom stereocenters. The van der Waals surface area contributed by atoms with E-state index in [1.54, 1.807) is 0 Å². The molecule has 0 unspecified atom stereocenters. The molecule has 0 radical (unpaired) electrons. The van der Waals surface area contributed by atoms with E-state index in [1.165, 1.54) is 11.0 Å². The summed E-state index contributed by atoms with van der Waals surface area (Å²) in [6.45, 7) is 0.770. The Morgan fingerprint density at radius 2 is 1.88 bits per heavy atom. The van der Waals surface area contributed by atoms with Crippen LogP contribution in [0.2, 0.25) is 0 Å². The smallest absolute Gasteiger partial charge is 0.433 e. The van der Waals surface area contributed by atoms with Crippen molar-refractivity contribution in [3.63, 3.8) is 0 Å². The SMILES string of the molecule is C[C@H]1CN2c3c(C(F)(F)F)c(OCc4ccc(Oc5ccnc(C(F)(F)F)c5)c(F)c4)nc(=O)n3C[C@@]2(CO)C1. The molecule has 1 aromatic carbocycles. The van der Waals surface area contributed by atoms with Gasteiger partial charge < -0.3 is 19.5 Å². The van der Waals surface area contributed by atoms with E-state index in [9.17, 15) is 40.6 Å². The van der Waals surface area contributed by atoms with Gasteiger partial charge in [-0.2, -0.15) is 31.3 Å². The van der Waals surface area contributed by atoms with Crippen molar-refractivity contribution in [2.24, 2.45) is 5.92 Å². The number of hydrogen-bond acceptors (Lipinski definition) is 7. The van der Waals surface area contributed by atoms with Gasteiger partial charge in [0.25, 0.3) is 0 Å². The molecule has 1 N–H and O–H groups in total. The maximum atomic E-state index is 14.7. The Morgan fingerprint density at radius 3 is 2.52 bits per heavy atom. The maximum Gasteiger partial charge on any atom is 0.433 e. The molecule has 0 bridgehead atoms. The van der Waals surface area contributed by atoms with Gasteiger partial charge in [0.1, 0.15) is 23.9 Å². The zero-order valence-corrected chi connectivity index (χ0v) is 20.7. The number of aromatic nitrogens is 3. The standard InChI is InChI=1S/C25H21F7N4O4/c1-13-8-23(12-37)11-35-21(36(23)9-13)19(25(30,31)32)20(34-22(35)38)39-10-14-2-3-17(16(26)6-14)40-15-4-5-33-18(7-15)24(27,28)29/h2-7,13,37H,8-12H2,1H3/t13-,23-/m1/s1. The lowest BCUT2D eigenvalue weighted by Gasteiger charge is -2.31. The van der Waals surface area contributed by atoms with Crippen LogP contribution < -0.4 is 20.1 Å². The molecule has 2 aliphatic heterocycles. The lowest BCUT2D eigenvalue weighted by Crippen LogP contribution is -2.45. The van der Waals surface area contributed by atoms with Crippen molar-refractivity contribution in [2.75, 3.05) is 18.1 Å². The molecule has 2 aliphatic rings. The number of fused-ring (bicyclic) bond motifs is 3. The van der Waals surface area contributed by atoms with Crippen LogP contribution in [0.1, 0.15) is 30.2 Å². The number of nitrogens with zero attached hydrogens (tertiary/aromatic N) is 4. The summed E-state index contributed by atoms with van der Waals surface area (Å²) >= 11 is 0. The maximum absolute atomic E-state index is 14.7. The molecule has 0 amide bonds. The van der Waals surface area contributed by atoms with Crippen LogP contribution in [0.15, 0.2) is 41.3 Å². The Balaban J connectivity index is 1.41. The van der Waals surface area contributed by atoms with Crippen molar-refractivity contribution in [3.05, 3.63) is 69.7 Å².